The predicted octanol–water partition coefficient (Wildman–Crippen LogP) is 20.6. The van der Waals surface area contributed by atoms with E-state index in [4.69, 9.17) is 4.42 Å². The van der Waals surface area contributed by atoms with Crippen molar-refractivity contribution < 1.29 is 4.42 Å². The fourth-order valence-corrected chi connectivity index (χ4v) is 11.5. The molecule has 0 radical (unpaired) electrons. The molecule has 0 spiro atoms. The van der Waals surface area contributed by atoms with Gasteiger partial charge >= 0.3 is 0 Å². The summed E-state index contributed by atoms with van der Waals surface area (Å²) in [5.74, 6) is 0. The van der Waals surface area contributed by atoms with E-state index in [1.807, 2.05) is 6.07 Å². The lowest BCUT2D eigenvalue weighted by molar-refractivity contribution is 0.569. The van der Waals surface area contributed by atoms with Crippen LogP contribution in [-0.2, 0) is 10.8 Å². The van der Waals surface area contributed by atoms with Crippen LogP contribution in [0.15, 0.2) is 247 Å². The molecule has 0 unspecified atom stereocenters. The summed E-state index contributed by atoms with van der Waals surface area (Å²) >= 11 is 0. The average molecular weight is 967 g/mol. The summed E-state index contributed by atoms with van der Waals surface area (Å²) in [6, 6.07) is 89.2. The zero-order chi connectivity index (χ0) is 51.0. The maximum absolute atomic E-state index is 6.36. The third kappa shape index (κ3) is 7.99. The van der Waals surface area contributed by atoms with Gasteiger partial charge < -0.3 is 13.9 Å². The summed E-state index contributed by atoms with van der Waals surface area (Å²) in [4.78, 5) is 2.48. The van der Waals surface area contributed by atoms with Gasteiger partial charge in [0.05, 0.1) is 22.4 Å². The molecule has 0 aliphatic heterocycles. The highest BCUT2D eigenvalue weighted by molar-refractivity contribution is 6.16. The highest BCUT2D eigenvalue weighted by Gasteiger charge is 2.26. The Morgan fingerprint density at radius 2 is 0.880 bits per heavy atom. The third-order valence-electron chi connectivity index (χ3n) is 15.3. The number of rotatable bonds is 8. The van der Waals surface area contributed by atoms with Gasteiger partial charge in [-0.3, -0.25) is 0 Å². The van der Waals surface area contributed by atoms with E-state index in [1.54, 1.807) is 0 Å². The van der Waals surface area contributed by atoms with E-state index in [0.717, 1.165) is 66.9 Å². The number of aromatic nitrogens is 1. The predicted molar refractivity (Wildman–Crippen MR) is 319 cm³/mol. The summed E-state index contributed by atoms with van der Waals surface area (Å²) in [5, 5.41) is 7.14. The molecule has 2 aromatic heterocycles. The van der Waals surface area contributed by atoms with Crippen molar-refractivity contribution in [2.24, 2.45) is 0 Å². The molecule has 3 nitrogen and oxygen atoms in total. The maximum Gasteiger partial charge on any atom is 0.135 e. The fraction of sp³-hybridized carbons (Fsp3) is 0.111. The van der Waals surface area contributed by atoms with E-state index in [-0.39, 0.29) is 10.8 Å². The molecule has 0 saturated carbocycles. The van der Waals surface area contributed by atoms with Crippen molar-refractivity contribution in [3.8, 4) is 50.2 Å². The minimum absolute atomic E-state index is 0.0255. The van der Waals surface area contributed by atoms with Gasteiger partial charge in [-0.05, 0) is 133 Å². The number of para-hydroxylation sites is 5. The molecule has 13 rings (SSSR count). The first-order valence-corrected chi connectivity index (χ1v) is 26.2. The second-order valence-corrected chi connectivity index (χ2v) is 22.1. The van der Waals surface area contributed by atoms with Gasteiger partial charge in [0.1, 0.15) is 11.2 Å². The molecule has 0 atom stereocenters. The molecule has 0 aliphatic rings. The monoisotopic (exact) mass is 966 g/mol. The van der Waals surface area contributed by atoms with Crippen LogP contribution >= 0.6 is 0 Å². The van der Waals surface area contributed by atoms with Crippen molar-refractivity contribution in [2.75, 3.05) is 4.90 Å². The first kappa shape index (κ1) is 45.9. The Balaban J connectivity index is 1.03. The van der Waals surface area contributed by atoms with Crippen LogP contribution in [-0.4, -0.2) is 4.57 Å². The van der Waals surface area contributed by atoms with Crippen molar-refractivity contribution >= 4 is 71.6 Å². The minimum Gasteiger partial charge on any atom is -0.456 e. The van der Waals surface area contributed by atoms with Crippen molar-refractivity contribution in [3.63, 3.8) is 0 Å². The van der Waals surface area contributed by atoms with Crippen molar-refractivity contribution in [1.29, 1.82) is 0 Å². The van der Waals surface area contributed by atoms with Crippen molar-refractivity contribution in [1.82, 2.24) is 4.57 Å². The second-order valence-electron chi connectivity index (χ2n) is 22.1. The summed E-state index contributed by atoms with van der Waals surface area (Å²) in [6.07, 6.45) is 0. The van der Waals surface area contributed by atoms with Gasteiger partial charge in [0.2, 0.25) is 0 Å². The highest BCUT2D eigenvalue weighted by Crippen LogP contribution is 2.49. The quantitative estimate of drug-likeness (QED) is 0.151. The van der Waals surface area contributed by atoms with Gasteiger partial charge in [-0.1, -0.05) is 217 Å². The van der Waals surface area contributed by atoms with Crippen LogP contribution in [0, 0.1) is 0 Å². The fourth-order valence-electron chi connectivity index (χ4n) is 11.5. The molecule has 3 heteroatoms. The standard InChI is InChI=1S/C72H58N2O/c1-71(2,3)51-43-50(44-52(46-51)72(4,5)6)57-29-18-21-48-22-19-31-60(69(48)57)58-26-11-15-33-64(58)73(63-32-14-10-25-55(63)49-39-42-68-62(45-49)59-27-13-17-36-67(59)75-68)54-40-37-47(38-41-54)56-30-20-35-66-70(56)61-28-12-16-34-65(61)74(66)53-23-8-7-9-24-53/h7-46H,1-6H3. The zero-order valence-corrected chi connectivity index (χ0v) is 43.4. The number of hydrogen-bond acceptors (Lipinski definition) is 2. The third-order valence-corrected chi connectivity index (χ3v) is 15.3. The minimum atomic E-state index is -0.0255. The SMILES string of the molecule is CC(C)(C)c1cc(-c2cccc3cccc(-c4ccccc4N(c4ccc(-c5cccc6c5c5ccccc5n6-c5ccccc5)cc4)c4ccccc4-c4ccc5oc6ccccc6c5c4)c23)cc(C(C)(C)C)c1. The lowest BCUT2D eigenvalue weighted by Crippen LogP contribution is -2.16. The number of nitrogens with zero attached hydrogens (tertiary/aromatic N) is 2. The van der Waals surface area contributed by atoms with Crippen LogP contribution in [0.3, 0.4) is 0 Å². The molecule has 362 valence electrons. The molecule has 0 bridgehead atoms. The van der Waals surface area contributed by atoms with E-state index in [9.17, 15) is 0 Å². The Hall–Kier alpha value is -8.92. The molecule has 0 aliphatic carbocycles. The van der Waals surface area contributed by atoms with Crippen molar-refractivity contribution in [3.05, 3.63) is 254 Å². The Bertz CT molecular complexity index is 4270. The first-order valence-electron chi connectivity index (χ1n) is 26.2. The summed E-state index contributed by atoms with van der Waals surface area (Å²) in [5.41, 5.74) is 20.5. The van der Waals surface area contributed by atoms with E-state index >= 15 is 0 Å². The second kappa shape index (κ2) is 17.9. The average Bonchev–Trinajstić information content (AvgIpc) is 3.99. The molecular weight excluding hydrogens is 909 g/mol. The molecule has 0 fully saturated rings. The number of hydrogen-bond donors (Lipinski definition) is 0. The van der Waals surface area contributed by atoms with Gasteiger partial charge in [0, 0.05) is 44.0 Å². The van der Waals surface area contributed by atoms with E-state index < -0.39 is 0 Å². The van der Waals surface area contributed by atoms with Crippen LogP contribution in [0.5, 0.6) is 0 Å². The number of fused-ring (bicyclic) bond motifs is 7. The van der Waals surface area contributed by atoms with Gasteiger partial charge in [0.15, 0.2) is 0 Å². The number of furan rings is 1. The smallest absolute Gasteiger partial charge is 0.135 e. The Morgan fingerprint density at radius 1 is 0.347 bits per heavy atom. The molecule has 0 N–H and O–H groups in total. The molecule has 13 aromatic rings. The molecule has 0 amide bonds. The van der Waals surface area contributed by atoms with Crippen molar-refractivity contribution in [2.45, 2.75) is 52.4 Å². The normalized spacial score (nSPS) is 12.1. The summed E-state index contributed by atoms with van der Waals surface area (Å²) in [6.45, 7) is 13.9. The Labute approximate surface area is 439 Å². The van der Waals surface area contributed by atoms with Crippen LogP contribution in [0.25, 0.3) is 105 Å². The summed E-state index contributed by atoms with van der Waals surface area (Å²) in [7, 11) is 0. The highest BCUT2D eigenvalue weighted by atomic mass is 16.3. The van der Waals surface area contributed by atoms with Gasteiger partial charge in [0.25, 0.3) is 0 Å². The lowest BCUT2D eigenvalue weighted by Gasteiger charge is -2.30. The number of benzene rings is 11. The van der Waals surface area contributed by atoms with Gasteiger partial charge in [-0.25, -0.2) is 0 Å². The van der Waals surface area contributed by atoms with Crippen LogP contribution in [0.1, 0.15) is 52.7 Å². The maximum atomic E-state index is 6.36. The van der Waals surface area contributed by atoms with Crippen LogP contribution < -0.4 is 4.90 Å². The topological polar surface area (TPSA) is 21.3 Å². The summed E-state index contributed by atoms with van der Waals surface area (Å²) < 4.78 is 8.75. The van der Waals surface area contributed by atoms with E-state index in [2.05, 4.69) is 288 Å². The molecule has 0 saturated heterocycles. The van der Waals surface area contributed by atoms with Gasteiger partial charge in [-0.2, -0.15) is 0 Å². The zero-order valence-electron chi connectivity index (χ0n) is 43.4. The first-order chi connectivity index (χ1) is 36.5. The van der Waals surface area contributed by atoms with Crippen LogP contribution in [0.4, 0.5) is 17.1 Å². The molecular formula is C72H58N2O. The lowest BCUT2D eigenvalue weighted by atomic mass is 9.78. The van der Waals surface area contributed by atoms with Gasteiger partial charge in [-0.15, -0.1) is 0 Å². The van der Waals surface area contributed by atoms with E-state index in [0.29, 0.717) is 0 Å². The molecule has 2 heterocycles. The van der Waals surface area contributed by atoms with E-state index in [1.165, 1.54) is 66.0 Å². The van der Waals surface area contributed by atoms with Crippen LogP contribution in [0.2, 0.25) is 0 Å². The molecule has 11 aromatic carbocycles. The molecule has 75 heavy (non-hydrogen) atoms. The number of anilines is 3. The Kier molecular flexibility index (Phi) is 11.0. The largest absolute Gasteiger partial charge is 0.456 e. The Morgan fingerprint density at radius 3 is 1.60 bits per heavy atom.